The Balaban J connectivity index is 1.57. The zero-order valence-corrected chi connectivity index (χ0v) is 14.6. The largest absolute Gasteiger partial charge is 0.333 e. The summed E-state index contributed by atoms with van der Waals surface area (Å²) in [5.41, 5.74) is 3.11. The average molecular weight is 337 g/mol. The zero-order chi connectivity index (χ0) is 17.8. The topological polar surface area (TPSA) is 52.7 Å². The molecule has 0 spiro atoms. The van der Waals surface area contributed by atoms with E-state index in [0.717, 1.165) is 16.8 Å². The Bertz CT molecular complexity index is 743. The summed E-state index contributed by atoms with van der Waals surface area (Å²) < 4.78 is 0. The van der Waals surface area contributed by atoms with Crippen LogP contribution in [-0.2, 0) is 11.3 Å². The zero-order valence-electron chi connectivity index (χ0n) is 14.6. The Hall–Kier alpha value is -2.82. The summed E-state index contributed by atoms with van der Waals surface area (Å²) >= 11 is 0. The van der Waals surface area contributed by atoms with E-state index in [1.807, 2.05) is 61.5 Å². The molecular formula is C20H23N3O2. The molecule has 1 N–H and O–H groups in total. The number of hydrogen-bond donors (Lipinski definition) is 1. The Morgan fingerprint density at radius 1 is 1.16 bits per heavy atom. The Kier molecular flexibility index (Phi) is 5.03. The van der Waals surface area contributed by atoms with Crippen LogP contribution < -0.4 is 10.2 Å². The number of hydrogen-bond acceptors (Lipinski definition) is 2. The highest BCUT2D eigenvalue weighted by molar-refractivity contribution is 5.96. The molecule has 5 nitrogen and oxygen atoms in total. The fraction of sp³-hybridized carbons (Fsp3) is 0.300. The molecule has 0 unspecified atom stereocenters. The third-order valence-corrected chi connectivity index (χ3v) is 4.41. The van der Waals surface area contributed by atoms with Crippen molar-refractivity contribution < 1.29 is 9.59 Å². The van der Waals surface area contributed by atoms with Crippen LogP contribution in [-0.4, -0.2) is 36.5 Å². The third-order valence-electron chi connectivity index (χ3n) is 4.41. The minimum absolute atomic E-state index is 0.0415. The monoisotopic (exact) mass is 337 g/mol. The molecule has 25 heavy (non-hydrogen) atoms. The fourth-order valence-corrected chi connectivity index (χ4v) is 2.99. The van der Waals surface area contributed by atoms with Crippen molar-refractivity contribution in [2.24, 2.45) is 0 Å². The van der Waals surface area contributed by atoms with Crippen molar-refractivity contribution in [1.29, 1.82) is 0 Å². The van der Waals surface area contributed by atoms with Crippen molar-refractivity contribution in [1.82, 2.24) is 10.2 Å². The predicted molar refractivity (Wildman–Crippen MR) is 98.4 cm³/mol. The lowest BCUT2D eigenvalue weighted by Gasteiger charge is -2.21. The molecule has 1 heterocycles. The molecule has 0 saturated carbocycles. The van der Waals surface area contributed by atoms with Crippen LogP contribution in [0.25, 0.3) is 0 Å². The molecule has 0 radical (unpaired) electrons. The number of carbonyl (C=O) groups is 2. The van der Waals surface area contributed by atoms with E-state index in [-0.39, 0.29) is 18.0 Å². The van der Waals surface area contributed by atoms with E-state index >= 15 is 0 Å². The maximum absolute atomic E-state index is 12.4. The van der Waals surface area contributed by atoms with Crippen LogP contribution in [0.4, 0.5) is 10.5 Å². The van der Waals surface area contributed by atoms with Crippen LogP contribution in [0.15, 0.2) is 54.6 Å². The van der Waals surface area contributed by atoms with E-state index in [0.29, 0.717) is 19.5 Å². The van der Waals surface area contributed by atoms with Gasteiger partial charge < -0.3 is 15.1 Å². The molecule has 1 fully saturated rings. The summed E-state index contributed by atoms with van der Waals surface area (Å²) in [6.07, 6.45) is 0.332. The second-order valence-corrected chi connectivity index (χ2v) is 6.53. The molecule has 2 aromatic rings. The first-order valence-electron chi connectivity index (χ1n) is 8.45. The number of anilines is 1. The average Bonchev–Trinajstić information content (AvgIpc) is 2.96. The number of rotatable bonds is 4. The van der Waals surface area contributed by atoms with E-state index in [2.05, 4.69) is 5.32 Å². The number of carbonyl (C=O) groups excluding carboxylic acids is 2. The van der Waals surface area contributed by atoms with Gasteiger partial charge in [-0.3, -0.25) is 4.79 Å². The van der Waals surface area contributed by atoms with Crippen molar-refractivity contribution in [3.63, 3.8) is 0 Å². The SMILES string of the molecule is Cc1ccc(N2C[C@@H](NC(=O)N(C)Cc3ccccc3)CC2=O)cc1. The first-order chi connectivity index (χ1) is 12.0. The standard InChI is InChI=1S/C20H23N3O2/c1-15-8-10-18(11-9-15)23-14-17(12-19(23)24)21-20(25)22(2)13-16-6-4-3-5-7-16/h3-11,17H,12-14H2,1-2H3,(H,21,25)/t17-/m0/s1. The number of aryl methyl sites for hydroxylation is 1. The van der Waals surface area contributed by atoms with Gasteiger partial charge in [-0.2, -0.15) is 0 Å². The van der Waals surface area contributed by atoms with E-state index in [4.69, 9.17) is 0 Å². The summed E-state index contributed by atoms with van der Waals surface area (Å²) in [6.45, 7) is 3.06. The number of amides is 3. The first kappa shape index (κ1) is 17.0. The predicted octanol–water partition coefficient (Wildman–Crippen LogP) is 2.94. The highest BCUT2D eigenvalue weighted by Crippen LogP contribution is 2.22. The summed E-state index contributed by atoms with van der Waals surface area (Å²) in [5, 5.41) is 2.96. The lowest BCUT2D eigenvalue weighted by atomic mass is 10.2. The van der Waals surface area contributed by atoms with Gasteiger partial charge in [0.25, 0.3) is 0 Å². The molecule has 1 saturated heterocycles. The van der Waals surface area contributed by atoms with Gasteiger partial charge in [-0.15, -0.1) is 0 Å². The van der Waals surface area contributed by atoms with Gasteiger partial charge >= 0.3 is 6.03 Å². The lowest BCUT2D eigenvalue weighted by molar-refractivity contribution is -0.117. The van der Waals surface area contributed by atoms with Crippen molar-refractivity contribution in [3.8, 4) is 0 Å². The van der Waals surface area contributed by atoms with Gasteiger partial charge in [0, 0.05) is 32.2 Å². The van der Waals surface area contributed by atoms with Gasteiger partial charge in [0.1, 0.15) is 0 Å². The van der Waals surface area contributed by atoms with E-state index in [1.165, 1.54) is 0 Å². The van der Waals surface area contributed by atoms with Crippen LogP contribution in [0.1, 0.15) is 17.5 Å². The maximum atomic E-state index is 12.4. The minimum atomic E-state index is -0.167. The highest BCUT2D eigenvalue weighted by atomic mass is 16.2. The van der Waals surface area contributed by atoms with E-state index < -0.39 is 0 Å². The molecule has 1 atom stereocenters. The van der Waals surface area contributed by atoms with Gasteiger partial charge in [0.15, 0.2) is 0 Å². The van der Waals surface area contributed by atoms with Crippen molar-refractivity contribution in [2.75, 3.05) is 18.5 Å². The summed E-state index contributed by atoms with van der Waals surface area (Å²) in [5.74, 6) is 0.0415. The molecule has 1 aliphatic heterocycles. The van der Waals surface area contributed by atoms with Crippen molar-refractivity contribution in [2.45, 2.75) is 25.9 Å². The minimum Gasteiger partial charge on any atom is -0.333 e. The molecule has 5 heteroatoms. The van der Waals surface area contributed by atoms with Crippen LogP contribution in [0.5, 0.6) is 0 Å². The number of nitrogens with one attached hydrogen (secondary N) is 1. The third kappa shape index (κ3) is 4.18. The Morgan fingerprint density at radius 2 is 1.84 bits per heavy atom. The van der Waals surface area contributed by atoms with Gasteiger partial charge in [-0.25, -0.2) is 4.79 Å². The van der Waals surface area contributed by atoms with Crippen molar-refractivity contribution >= 4 is 17.6 Å². The van der Waals surface area contributed by atoms with Gasteiger partial charge in [0.2, 0.25) is 5.91 Å². The Labute approximate surface area is 148 Å². The van der Waals surface area contributed by atoms with Gasteiger partial charge in [-0.05, 0) is 24.6 Å². The normalized spacial score (nSPS) is 16.8. The van der Waals surface area contributed by atoms with Crippen LogP contribution >= 0.6 is 0 Å². The highest BCUT2D eigenvalue weighted by Gasteiger charge is 2.32. The second-order valence-electron chi connectivity index (χ2n) is 6.53. The molecule has 3 rings (SSSR count). The molecule has 0 aliphatic carbocycles. The number of benzene rings is 2. The molecule has 0 bridgehead atoms. The molecule has 3 amide bonds. The summed E-state index contributed by atoms with van der Waals surface area (Å²) in [7, 11) is 1.76. The fourth-order valence-electron chi connectivity index (χ4n) is 2.99. The number of urea groups is 1. The summed E-state index contributed by atoms with van der Waals surface area (Å²) in [4.78, 5) is 28.0. The maximum Gasteiger partial charge on any atom is 0.317 e. The number of nitrogens with zero attached hydrogens (tertiary/aromatic N) is 2. The van der Waals surface area contributed by atoms with E-state index in [1.54, 1.807) is 16.8 Å². The van der Waals surface area contributed by atoms with Gasteiger partial charge in [-0.1, -0.05) is 48.0 Å². The summed E-state index contributed by atoms with van der Waals surface area (Å²) in [6, 6.07) is 17.4. The molecule has 1 aliphatic rings. The lowest BCUT2D eigenvalue weighted by Crippen LogP contribution is -2.43. The molecule has 130 valence electrons. The van der Waals surface area contributed by atoms with E-state index in [9.17, 15) is 9.59 Å². The quantitative estimate of drug-likeness (QED) is 0.932. The molecule has 0 aromatic heterocycles. The molecule has 2 aromatic carbocycles. The van der Waals surface area contributed by atoms with Gasteiger partial charge in [0.05, 0.1) is 6.04 Å². The Morgan fingerprint density at radius 3 is 2.52 bits per heavy atom. The smallest absolute Gasteiger partial charge is 0.317 e. The van der Waals surface area contributed by atoms with Crippen LogP contribution in [0, 0.1) is 6.92 Å². The second kappa shape index (κ2) is 7.38. The van der Waals surface area contributed by atoms with Crippen LogP contribution in [0.2, 0.25) is 0 Å². The first-order valence-corrected chi connectivity index (χ1v) is 8.45. The molecular weight excluding hydrogens is 314 g/mol. The van der Waals surface area contributed by atoms with Crippen molar-refractivity contribution in [3.05, 3.63) is 65.7 Å². The van der Waals surface area contributed by atoms with Crippen LogP contribution in [0.3, 0.4) is 0 Å².